The van der Waals surface area contributed by atoms with E-state index in [1.54, 1.807) is 12.1 Å². The SMILES string of the molecule is Cc1cc(-c2nc(C(N)=O)c(Nc3ccc(N4CCC(N5CCN(C)CC5)CC4)c(OC(F)F)c3)nc2NC2CC3(COC3)C2)n[nH]1. The van der Waals surface area contributed by atoms with Crippen molar-refractivity contribution in [2.45, 2.75) is 51.3 Å². The van der Waals surface area contributed by atoms with Crippen LogP contribution in [0.5, 0.6) is 5.75 Å². The average Bonchev–Trinajstić information content (AvgIpc) is 3.44. The number of carbonyl (C=O) groups excluding carboxylic acids is 1. The Morgan fingerprint density at radius 3 is 2.45 bits per heavy atom. The van der Waals surface area contributed by atoms with E-state index in [4.69, 9.17) is 20.2 Å². The molecule has 1 aliphatic carbocycles. The van der Waals surface area contributed by atoms with Crippen molar-refractivity contribution in [1.29, 1.82) is 0 Å². The van der Waals surface area contributed by atoms with Crippen LogP contribution in [0, 0.1) is 12.3 Å². The molecule has 3 aliphatic heterocycles. The Balaban J connectivity index is 1.13. The van der Waals surface area contributed by atoms with Crippen LogP contribution in [-0.2, 0) is 4.74 Å². The number of nitrogens with one attached hydrogen (secondary N) is 3. The number of nitrogens with zero attached hydrogens (tertiary/aromatic N) is 6. The number of hydrogen-bond donors (Lipinski definition) is 4. The van der Waals surface area contributed by atoms with Gasteiger partial charge in [-0.2, -0.15) is 13.9 Å². The molecule has 1 saturated carbocycles. The smallest absolute Gasteiger partial charge is 0.387 e. The van der Waals surface area contributed by atoms with E-state index >= 15 is 0 Å². The number of piperazine rings is 1. The fraction of sp³-hybridized carbons (Fsp3) is 0.562. The van der Waals surface area contributed by atoms with Crippen molar-refractivity contribution in [3.05, 3.63) is 35.7 Å². The van der Waals surface area contributed by atoms with Crippen LogP contribution in [0.1, 0.15) is 41.9 Å². The fourth-order valence-corrected chi connectivity index (χ4v) is 7.26. The number of amides is 1. The minimum Gasteiger partial charge on any atom is -0.433 e. The molecule has 0 unspecified atom stereocenters. The summed E-state index contributed by atoms with van der Waals surface area (Å²) < 4.78 is 37.8. The topological polar surface area (TPSA) is 150 Å². The second-order valence-corrected chi connectivity index (χ2v) is 13.4. The Bertz CT molecular complexity index is 1590. The zero-order valence-electron chi connectivity index (χ0n) is 26.8. The molecule has 5 N–H and O–H groups in total. The lowest BCUT2D eigenvalue weighted by molar-refractivity contribution is -0.159. The molecule has 2 aromatic heterocycles. The van der Waals surface area contributed by atoms with Gasteiger partial charge in [-0.25, -0.2) is 9.97 Å². The number of nitrogens with two attached hydrogens (primary N) is 1. The highest BCUT2D eigenvalue weighted by molar-refractivity contribution is 5.97. The number of anilines is 4. The van der Waals surface area contributed by atoms with Crippen molar-refractivity contribution >= 4 is 28.9 Å². The largest absolute Gasteiger partial charge is 0.433 e. The van der Waals surface area contributed by atoms with Crippen LogP contribution in [-0.4, -0.2) is 114 Å². The molecule has 7 rings (SSSR count). The number of rotatable bonds is 10. The number of alkyl halides is 2. The number of aromatic nitrogens is 4. The highest BCUT2D eigenvalue weighted by Gasteiger charge is 2.50. The van der Waals surface area contributed by atoms with Crippen molar-refractivity contribution in [2.24, 2.45) is 11.1 Å². The Hall–Kier alpha value is -4.08. The van der Waals surface area contributed by atoms with Gasteiger partial charge in [-0.1, -0.05) is 0 Å². The maximum Gasteiger partial charge on any atom is 0.387 e. The molecule has 0 atom stereocenters. The molecule has 5 heterocycles. The number of benzene rings is 1. The van der Waals surface area contributed by atoms with E-state index in [1.165, 1.54) is 6.07 Å². The van der Waals surface area contributed by atoms with Gasteiger partial charge in [0.1, 0.15) is 11.4 Å². The van der Waals surface area contributed by atoms with E-state index in [0.717, 1.165) is 83.9 Å². The number of ether oxygens (including phenoxy) is 2. The first-order valence-electron chi connectivity index (χ1n) is 16.3. The molecule has 13 nitrogen and oxygen atoms in total. The Kier molecular flexibility index (Phi) is 8.61. The summed E-state index contributed by atoms with van der Waals surface area (Å²) in [5.41, 5.74) is 8.61. The molecule has 4 aliphatic rings. The number of carbonyl (C=O) groups is 1. The number of primary amides is 1. The number of likely N-dealkylation sites (N-methyl/N-ethyl adjacent to an activating group) is 1. The Morgan fingerprint density at radius 1 is 1.09 bits per heavy atom. The number of halogens is 2. The molecule has 1 aromatic carbocycles. The predicted molar refractivity (Wildman–Crippen MR) is 173 cm³/mol. The number of H-pyrrole nitrogens is 1. The molecule has 15 heteroatoms. The quantitative estimate of drug-likeness (QED) is 0.255. The van der Waals surface area contributed by atoms with Gasteiger partial charge in [0.25, 0.3) is 5.91 Å². The summed E-state index contributed by atoms with van der Waals surface area (Å²) in [7, 11) is 2.14. The van der Waals surface area contributed by atoms with E-state index < -0.39 is 12.5 Å². The molecule has 0 radical (unpaired) electrons. The van der Waals surface area contributed by atoms with Crippen LogP contribution in [0.15, 0.2) is 24.3 Å². The second kappa shape index (κ2) is 12.8. The van der Waals surface area contributed by atoms with Gasteiger partial charge in [-0.3, -0.25) is 14.8 Å². The van der Waals surface area contributed by atoms with Gasteiger partial charge >= 0.3 is 6.61 Å². The van der Waals surface area contributed by atoms with Gasteiger partial charge < -0.3 is 35.6 Å². The zero-order valence-corrected chi connectivity index (χ0v) is 26.8. The van der Waals surface area contributed by atoms with Crippen LogP contribution >= 0.6 is 0 Å². The van der Waals surface area contributed by atoms with Crippen molar-refractivity contribution in [2.75, 3.05) is 75.1 Å². The number of piperidine rings is 1. The Morgan fingerprint density at radius 2 is 1.83 bits per heavy atom. The summed E-state index contributed by atoms with van der Waals surface area (Å²) in [4.78, 5) is 29.0. The Labute approximate surface area is 272 Å². The summed E-state index contributed by atoms with van der Waals surface area (Å²) in [6, 6.07) is 7.47. The number of aromatic amines is 1. The minimum absolute atomic E-state index is 0.0427. The van der Waals surface area contributed by atoms with Gasteiger partial charge in [0.05, 0.1) is 18.9 Å². The fourth-order valence-electron chi connectivity index (χ4n) is 7.26. The van der Waals surface area contributed by atoms with Crippen LogP contribution in [0.2, 0.25) is 0 Å². The van der Waals surface area contributed by atoms with Gasteiger partial charge in [0.2, 0.25) is 0 Å². The summed E-state index contributed by atoms with van der Waals surface area (Å²) in [5.74, 6) is -0.215. The van der Waals surface area contributed by atoms with Crippen molar-refractivity contribution < 1.29 is 23.0 Å². The number of hydrogen-bond acceptors (Lipinski definition) is 11. The van der Waals surface area contributed by atoms with Crippen LogP contribution in [0.4, 0.5) is 31.8 Å². The monoisotopic (exact) mass is 652 g/mol. The molecule has 4 fully saturated rings. The first-order chi connectivity index (χ1) is 22.6. The predicted octanol–water partition coefficient (Wildman–Crippen LogP) is 3.43. The lowest BCUT2D eigenvalue weighted by Gasteiger charge is -2.53. The van der Waals surface area contributed by atoms with Crippen molar-refractivity contribution in [1.82, 2.24) is 30.0 Å². The van der Waals surface area contributed by atoms with E-state index in [2.05, 4.69) is 47.6 Å². The summed E-state index contributed by atoms with van der Waals surface area (Å²) >= 11 is 0. The van der Waals surface area contributed by atoms with Crippen LogP contribution < -0.4 is 26.0 Å². The molecule has 3 aromatic rings. The van der Waals surface area contributed by atoms with E-state index in [9.17, 15) is 13.6 Å². The third kappa shape index (κ3) is 6.69. The molecule has 47 heavy (non-hydrogen) atoms. The molecule has 0 bridgehead atoms. The summed E-state index contributed by atoms with van der Waals surface area (Å²) in [6.07, 6.45) is 3.75. The van der Waals surface area contributed by atoms with Crippen molar-refractivity contribution in [3.63, 3.8) is 0 Å². The third-order valence-electron chi connectivity index (χ3n) is 9.89. The third-order valence-corrected chi connectivity index (χ3v) is 9.89. The lowest BCUT2D eigenvalue weighted by atomic mass is 9.64. The normalized spacial score (nSPS) is 20.7. The highest BCUT2D eigenvalue weighted by Crippen LogP contribution is 2.48. The molecular formula is C32H42F2N10O3. The first-order valence-corrected chi connectivity index (χ1v) is 16.3. The molecule has 1 spiro atoms. The maximum atomic E-state index is 13.7. The van der Waals surface area contributed by atoms with Crippen molar-refractivity contribution in [3.8, 4) is 17.1 Å². The molecule has 3 saturated heterocycles. The maximum absolute atomic E-state index is 13.7. The lowest BCUT2D eigenvalue weighted by Crippen LogP contribution is -2.56. The van der Waals surface area contributed by atoms with E-state index in [0.29, 0.717) is 34.6 Å². The van der Waals surface area contributed by atoms with E-state index in [1.807, 2.05) is 13.0 Å². The van der Waals surface area contributed by atoms with E-state index in [-0.39, 0.29) is 28.7 Å². The molecule has 252 valence electrons. The minimum atomic E-state index is -3.01. The van der Waals surface area contributed by atoms with Gasteiger partial charge in [0, 0.05) is 74.2 Å². The van der Waals surface area contributed by atoms with Crippen LogP contribution in [0.3, 0.4) is 0 Å². The molecular weight excluding hydrogens is 610 g/mol. The molecule has 1 amide bonds. The van der Waals surface area contributed by atoms with Gasteiger partial charge in [-0.15, -0.1) is 0 Å². The van der Waals surface area contributed by atoms with Gasteiger partial charge in [0.15, 0.2) is 23.1 Å². The summed E-state index contributed by atoms with van der Waals surface area (Å²) in [6.45, 7) is 6.05. The summed E-state index contributed by atoms with van der Waals surface area (Å²) in [5, 5.41) is 13.8. The first kappa shape index (κ1) is 31.5. The highest BCUT2D eigenvalue weighted by atomic mass is 19.3. The van der Waals surface area contributed by atoms with Gasteiger partial charge in [-0.05, 0) is 57.9 Å². The standard InChI is InChI=1S/C32H42F2N10O3/c1-19-13-23(41-40-19)26-29(37-21-15-32(16-21)17-46-18-32)39-30(27(38-26)28(35)45)36-20-3-4-24(25(14-20)47-31(33)34)44-7-5-22(6-8-44)43-11-9-42(2)10-12-43/h3-4,13-14,21-22,31H,5-12,15-18H2,1-2H3,(H2,35,45)(H,40,41)(H2,36,37,39). The average molecular weight is 653 g/mol. The van der Waals surface area contributed by atoms with Crippen LogP contribution in [0.25, 0.3) is 11.4 Å². The number of aryl methyl sites for hydroxylation is 1. The zero-order chi connectivity index (χ0) is 32.7. The second-order valence-electron chi connectivity index (χ2n) is 13.4.